The molecule has 25 heavy (non-hydrogen) atoms. The number of anilines is 1. The van der Waals surface area contributed by atoms with Gasteiger partial charge < -0.3 is 10.1 Å². The molecule has 0 aliphatic heterocycles. The van der Waals surface area contributed by atoms with E-state index in [1.807, 2.05) is 13.8 Å². The molecule has 0 saturated heterocycles. The number of unbranched alkanes of at least 4 members (excludes halogenated alkanes) is 1. The molecule has 0 aromatic heterocycles. The zero-order chi connectivity index (χ0) is 18.5. The lowest BCUT2D eigenvalue weighted by atomic mass is 10.1. The number of benzene rings is 1. The summed E-state index contributed by atoms with van der Waals surface area (Å²) in [5.74, 6) is 0.307. The summed E-state index contributed by atoms with van der Waals surface area (Å²) in [6, 6.07) is 7.13. The Morgan fingerprint density at radius 2 is 1.68 bits per heavy atom. The van der Waals surface area contributed by atoms with Crippen LogP contribution in [-0.2, 0) is 9.59 Å². The Kier molecular flexibility index (Phi) is 9.97. The van der Waals surface area contributed by atoms with Gasteiger partial charge in [0.25, 0.3) is 0 Å². The third-order valence-electron chi connectivity index (χ3n) is 3.59. The lowest BCUT2D eigenvalue weighted by molar-refractivity contribution is -0.124. The maximum Gasteiger partial charge on any atom is 0.240 e. The van der Waals surface area contributed by atoms with Crippen LogP contribution >= 0.6 is 0 Å². The molecule has 6 nitrogen and oxygen atoms in total. The summed E-state index contributed by atoms with van der Waals surface area (Å²) in [6.45, 7) is 6.65. The second-order valence-electron chi connectivity index (χ2n) is 5.68. The van der Waals surface area contributed by atoms with Gasteiger partial charge in [0, 0.05) is 24.2 Å². The monoisotopic (exact) mass is 347 g/mol. The second-order valence-corrected chi connectivity index (χ2v) is 5.68. The zero-order valence-corrected chi connectivity index (χ0v) is 15.4. The van der Waals surface area contributed by atoms with Crippen LogP contribution in [0.4, 0.5) is 5.69 Å². The van der Waals surface area contributed by atoms with Gasteiger partial charge in [-0.25, -0.2) is 5.43 Å². The molecule has 1 aromatic rings. The predicted octanol–water partition coefficient (Wildman–Crippen LogP) is 3.88. The fourth-order valence-electron chi connectivity index (χ4n) is 2.14. The average Bonchev–Trinajstić information content (AvgIpc) is 2.62. The minimum absolute atomic E-state index is 0.108. The van der Waals surface area contributed by atoms with Gasteiger partial charge in [0.1, 0.15) is 5.75 Å². The van der Waals surface area contributed by atoms with Crippen LogP contribution in [0.2, 0.25) is 0 Å². The molecule has 2 N–H and O–H groups in total. The highest BCUT2D eigenvalue weighted by atomic mass is 16.5. The van der Waals surface area contributed by atoms with Crippen LogP contribution in [0.5, 0.6) is 5.75 Å². The summed E-state index contributed by atoms with van der Waals surface area (Å²) >= 11 is 0. The van der Waals surface area contributed by atoms with E-state index in [2.05, 4.69) is 22.8 Å². The van der Waals surface area contributed by atoms with E-state index in [-0.39, 0.29) is 24.7 Å². The first kappa shape index (κ1) is 20.7. The molecule has 2 amide bonds. The third kappa shape index (κ3) is 8.88. The van der Waals surface area contributed by atoms with E-state index in [0.717, 1.165) is 37.1 Å². The zero-order valence-electron chi connectivity index (χ0n) is 15.4. The Balaban J connectivity index is 2.35. The lowest BCUT2D eigenvalue weighted by Crippen LogP contribution is -2.22. The predicted molar refractivity (Wildman–Crippen MR) is 101 cm³/mol. The number of hydrazone groups is 1. The molecule has 0 fully saturated rings. The van der Waals surface area contributed by atoms with Gasteiger partial charge in [0.15, 0.2) is 0 Å². The summed E-state index contributed by atoms with van der Waals surface area (Å²) in [4.78, 5) is 23.7. The van der Waals surface area contributed by atoms with Crippen molar-refractivity contribution in [1.82, 2.24) is 5.43 Å². The molecule has 0 radical (unpaired) electrons. The van der Waals surface area contributed by atoms with Gasteiger partial charge in [0.05, 0.1) is 6.61 Å². The van der Waals surface area contributed by atoms with Crippen molar-refractivity contribution in [1.29, 1.82) is 0 Å². The summed E-state index contributed by atoms with van der Waals surface area (Å²) < 4.78 is 5.35. The van der Waals surface area contributed by atoms with Crippen molar-refractivity contribution in [3.63, 3.8) is 0 Å². The van der Waals surface area contributed by atoms with Crippen LogP contribution in [0, 0.1) is 0 Å². The van der Waals surface area contributed by atoms with Gasteiger partial charge in [-0.15, -0.1) is 0 Å². The first-order valence-electron chi connectivity index (χ1n) is 8.96. The van der Waals surface area contributed by atoms with Crippen LogP contribution in [0.3, 0.4) is 0 Å². The Morgan fingerprint density at radius 1 is 1.00 bits per heavy atom. The van der Waals surface area contributed by atoms with E-state index in [1.54, 1.807) is 24.3 Å². The largest absolute Gasteiger partial charge is 0.494 e. The van der Waals surface area contributed by atoms with E-state index in [0.29, 0.717) is 12.3 Å². The SMILES string of the molecule is CCCC/C(CC)=N/NC(=O)CCC(=O)Nc1ccc(OCC)cc1. The number of hydrogen-bond acceptors (Lipinski definition) is 4. The first-order chi connectivity index (χ1) is 12.1. The Labute approximate surface area is 150 Å². The van der Waals surface area contributed by atoms with Crippen molar-refractivity contribution in [2.24, 2.45) is 5.10 Å². The molecule has 0 atom stereocenters. The molecule has 0 saturated carbocycles. The molecule has 0 aliphatic carbocycles. The molecular formula is C19H29N3O3. The van der Waals surface area contributed by atoms with Gasteiger partial charge in [-0.05, 0) is 50.5 Å². The minimum atomic E-state index is -0.246. The van der Waals surface area contributed by atoms with Crippen LogP contribution < -0.4 is 15.5 Å². The van der Waals surface area contributed by atoms with E-state index >= 15 is 0 Å². The number of hydrogen-bond donors (Lipinski definition) is 2. The van der Waals surface area contributed by atoms with Crippen LogP contribution in [0.1, 0.15) is 59.3 Å². The molecular weight excluding hydrogens is 318 g/mol. The van der Waals surface area contributed by atoms with Gasteiger partial charge in [-0.3, -0.25) is 9.59 Å². The molecule has 0 heterocycles. The molecule has 1 rings (SSSR count). The van der Waals surface area contributed by atoms with Gasteiger partial charge in [-0.2, -0.15) is 5.10 Å². The normalized spacial score (nSPS) is 11.1. The summed E-state index contributed by atoms with van der Waals surface area (Å²) in [6.07, 6.45) is 4.10. The maximum absolute atomic E-state index is 11.9. The fourth-order valence-corrected chi connectivity index (χ4v) is 2.14. The summed E-state index contributed by atoms with van der Waals surface area (Å²) in [7, 11) is 0. The summed E-state index contributed by atoms with van der Waals surface area (Å²) in [5, 5.41) is 6.90. The standard InChI is InChI=1S/C19H29N3O3/c1-4-7-8-15(5-2)21-22-19(24)14-13-18(23)20-16-9-11-17(12-10-16)25-6-3/h9-12H,4-8,13-14H2,1-3H3,(H,20,23)(H,22,24)/b21-15+. The van der Waals surface area contributed by atoms with Crippen molar-refractivity contribution in [2.75, 3.05) is 11.9 Å². The highest BCUT2D eigenvalue weighted by Crippen LogP contribution is 2.15. The van der Waals surface area contributed by atoms with Crippen molar-refractivity contribution >= 4 is 23.2 Å². The van der Waals surface area contributed by atoms with E-state index < -0.39 is 0 Å². The Morgan fingerprint density at radius 3 is 2.28 bits per heavy atom. The number of carbonyl (C=O) groups is 2. The van der Waals surface area contributed by atoms with Crippen molar-refractivity contribution in [2.45, 2.75) is 59.3 Å². The highest BCUT2D eigenvalue weighted by Gasteiger charge is 2.07. The number of rotatable bonds is 11. The molecule has 0 bridgehead atoms. The Bertz CT molecular complexity index is 568. The van der Waals surface area contributed by atoms with Crippen LogP contribution in [-0.4, -0.2) is 24.1 Å². The number of carbonyl (C=O) groups excluding carboxylic acids is 2. The van der Waals surface area contributed by atoms with E-state index in [4.69, 9.17) is 4.74 Å². The van der Waals surface area contributed by atoms with E-state index in [9.17, 15) is 9.59 Å². The molecule has 0 aliphatic rings. The molecule has 0 unspecified atom stereocenters. The molecule has 6 heteroatoms. The highest BCUT2D eigenvalue weighted by molar-refractivity contribution is 5.93. The smallest absolute Gasteiger partial charge is 0.240 e. The average molecular weight is 347 g/mol. The van der Waals surface area contributed by atoms with Crippen molar-refractivity contribution in [3.05, 3.63) is 24.3 Å². The third-order valence-corrected chi connectivity index (χ3v) is 3.59. The second kappa shape index (κ2) is 12.1. The summed E-state index contributed by atoms with van der Waals surface area (Å²) in [5.41, 5.74) is 4.20. The number of nitrogens with zero attached hydrogens (tertiary/aromatic N) is 1. The fraction of sp³-hybridized carbons (Fsp3) is 0.526. The van der Waals surface area contributed by atoms with Gasteiger partial charge in [0.2, 0.25) is 11.8 Å². The number of ether oxygens (including phenoxy) is 1. The molecule has 0 spiro atoms. The molecule has 1 aromatic carbocycles. The quantitative estimate of drug-likeness (QED) is 0.471. The Hall–Kier alpha value is -2.37. The topological polar surface area (TPSA) is 79.8 Å². The van der Waals surface area contributed by atoms with Crippen molar-refractivity contribution < 1.29 is 14.3 Å². The van der Waals surface area contributed by atoms with Gasteiger partial charge in [-0.1, -0.05) is 20.3 Å². The van der Waals surface area contributed by atoms with Crippen LogP contribution in [0.25, 0.3) is 0 Å². The van der Waals surface area contributed by atoms with E-state index in [1.165, 1.54) is 0 Å². The number of amides is 2. The minimum Gasteiger partial charge on any atom is -0.494 e. The first-order valence-corrected chi connectivity index (χ1v) is 8.96. The van der Waals surface area contributed by atoms with Crippen LogP contribution in [0.15, 0.2) is 29.4 Å². The molecule has 138 valence electrons. The lowest BCUT2D eigenvalue weighted by Gasteiger charge is -2.07. The maximum atomic E-state index is 11.9. The van der Waals surface area contributed by atoms with Gasteiger partial charge >= 0.3 is 0 Å². The number of nitrogens with one attached hydrogen (secondary N) is 2. The van der Waals surface area contributed by atoms with Crippen molar-refractivity contribution in [3.8, 4) is 5.75 Å².